The lowest BCUT2D eigenvalue weighted by Gasteiger charge is -2.26. The fraction of sp³-hybridized carbons (Fsp3) is 0.643. The van der Waals surface area contributed by atoms with Crippen LogP contribution in [0.3, 0.4) is 0 Å². The molecule has 1 aromatic rings. The van der Waals surface area contributed by atoms with Gasteiger partial charge in [-0.25, -0.2) is 12.7 Å². The Morgan fingerprint density at radius 1 is 1.48 bits per heavy atom. The quantitative estimate of drug-likeness (QED) is 0.593. The van der Waals surface area contributed by atoms with Crippen LogP contribution in [0.4, 0.5) is 0 Å². The largest absolute Gasteiger partial charge is 0.467 e. The molecule has 0 atom stereocenters. The van der Waals surface area contributed by atoms with Gasteiger partial charge in [0.25, 0.3) is 0 Å². The molecule has 0 saturated carbocycles. The fourth-order valence-electron chi connectivity index (χ4n) is 2.34. The summed E-state index contributed by atoms with van der Waals surface area (Å²) in [6.07, 6.45) is 1.63. The number of nitrogens with one attached hydrogen (secondary N) is 1. The second kappa shape index (κ2) is 8.60. The van der Waals surface area contributed by atoms with Gasteiger partial charge in [0.05, 0.1) is 18.6 Å². The highest BCUT2D eigenvalue weighted by Crippen LogP contribution is 2.13. The Balaban J connectivity index is 1.81. The van der Waals surface area contributed by atoms with Crippen molar-refractivity contribution in [3.05, 3.63) is 24.2 Å². The Bertz CT molecular complexity index is 596. The van der Waals surface area contributed by atoms with Crippen molar-refractivity contribution >= 4 is 27.7 Å². The number of nitrogens with zero attached hydrogens (tertiary/aromatic N) is 3. The molecule has 0 aromatic carbocycles. The first-order valence-corrected chi connectivity index (χ1v) is 10.3. The summed E-state index contributed by atoms with van der Waals surface area (Å²) in [5, 5.41) is 3.10. The van der Waals surface area contributed by atoms with Gasteiger partial charge in [0.2, 0.25) is 10.0 Å². The van der Waals surface area contributed by atoms with Crippen molar-refractivity contribution in [1.82, 2.24) is 14.5 Å². The highest BCUT2D eigenvalue weighted by atomic mass is 32.2. The zero-order chi connectivity index (χ0) is 16.7. The van der Waals surface area contributed by atoms with E-state index in [-0.39, 0.29) is 5.75 Å². The number of hydrogen-bond acceptors (Lipinski definition) is 5. The third-order valence-corrected chi connectivity index (χ3v) is 6.37. The van der Waals surface area contributed by atoms with Crippen molar-refractivity contribution < 1.29 is 12.8 Å². The molecule has 0 unspecified atom stereocenters. The molecule has 0 radical (unpaired) electrons. The molecular formula is C14H24N4O3S2. The van der Waals surface area contributed by atoms with Gasteiger partial charge in [0.1, 0.15) is 5.76 Å². The van der Waals surface area contributed by atoms with Crippen molar-refractivity contribution in [3.63, 3.8) is 0 Å². The van der Waals surface area contributed by atoms with E-state index < -0.39 is 10.0 Å². The molecule has 0 amide bonds. The number of rotatable bonds is 6. The maximum atomic E-state index is 12.3. The van der Waals surface area contributed by atoms with E-state index in [1.165, 1.54) is 0 Å². The minimum absolute atomic E-state index is 0.0747. The zero-order valence-corrected chi connectivity index (χ0v) is 15.2. The lowest BCUT2D eigenvalue weighted by molar-refractivity contribution is 0.400. The van der Waals surface area contributed by atoms with Crippen molar-refractivity contribution in [2.75, 3.05) is 51.0 Å². The van der Waals surface area contributed by atoms with Crippen LogP contribution in [0.5, 0.6) is 0 Å². The van der Waals surface area contributed by atoms with E-state index in [9.17, 15) is 8.42 Å². The van der Waals surface area contributed by atoms with E-state index in [0.717, 1.165) is 17.3 Å². The summed E-state index contributed by atoms with van der Waals surface area (Å²) in [7, 11) is 0.364. The Labute approximate surface area is 142 Å². The van der Waals surface area contributed by atoms with E-state index in [0.29, 0.717) is 32.1 Å². The van der Waals surface area contributed by atoms with Gasteiger partial charge in [0, 0.05) is 45.2 Å². The first-order chi connectivity index (χ1) is 11.0. The molecule has 0 spiro atoms. The molecule has 1 fully saturated rings. The van der Waals surface area contributed by atoms with E-state index in [4.69, 9.17) is 4.42 Å². The Morgan fingerprint density at radius 3 is 2.83 bits per heavy atom. The van der Waals surface area contributed by atoms with Gasteiger partial charge in [-0.15, -0.1) is 0 Å². The molecule has 2 heterocycles. The Hall–Kier alpha value is -1.19. The molecule has 1 aromatic heterocycles. The number of furan rings is 1. The van der Waals surface area contributed by atoms with Crippen molar-refractivity contribution in [2.24, 2.45) is 4.99 Å². The zero-order valence-electron chi connectivity index (χ0n) is 13.6. The van der Waals surface area contributed by atoms with Crippen LogP contribution in [0, 0.1) is 0 Å². The minimum atomic E-state index is -3.20. The van der Waals surface area contributed by atoms with E-state index >= 15 is 0 Å². The fourth-order valence-corrected chi connectivity index (χ4v) is 4.83. The number of aliphatic imine (C=N–C) groups is 1. The monoisotopic (exact) mass is 360 g/mol. The van der Waals surface area contributed by atoms with E-state index in [1.807, 2.05) is 24.1 Å². The van der Waals surface area contributed by atoms with Crippen molar-refractivity contribution in [2.45, 2.75) is 6.54 Å². The van der Waals surface area contributed by atoms with E-state index in [1.54, 1.807) is 29.4 Å². The standard InChI is InChI=1S/C14H24N4O3S2/c1-15-14(17(2)12-13-4-3-8-21-13)16-5-11-23(19,20)18-6-9-22-10-7-18/h3-4,8H,5-7,9-12H2,1-2H3,(H,15,16). The van der Waals surface area contributed by atoms with Gasteiger partial charge in [-0.05, 0) is 12.1 Å². The second-order valence-corrected chi connectivity index (χ2v) is 8.55. The summed E-state index contributed by atoms with van der Waals surface area (Å²) >= 11 is 1.80. The topological polar surface area (TPSA) is 78.2 Å². The van der Waals surface area contributed by atoms with Crippen LogP contribution in [-0.2, 0) is 16.6 Å². The lowest BCUT2D eigenvalue weighted by Crippen LogP contribution is -2.44. The highest BCUT2D eigenvalue weighted by Gasteiger charge is 2.23. The third kappa shape index (κ3) is 5.43. The van der Waals surface area contributed by atoms with Crippen molar-refractivity contribution in [1.29, 1.82) is 0 Å². The summed E-state index contributed by atoms with van der Waals surface area (Å²) in [4.78, 5) is 6.07. The van der Waals surface area contributed by atoms with Crippen LogP contribution in [0.1, 0.15) is 5.76 Å². The molecule has 1 N–H and O–H groups in total. The summed E-state index contributed by atoms with van der Waals surface area (Å²) in [6.45, 7) is 2.13. The average Bonchev–Trinajstić information content (AvgIpc) is 3.05. The van der Waals surface area contributed by atoms with Crippen LogP contribution in [0.2, 0.25) is 0 Å². The number of sulfonamides is 1. The smallest absolute Gasteiger partial charge is 0.215 e. The normalized spacial score (nSPS) is 17.2. The van der Waals surface area contributed by atoms with Crippen LogP contribution >= 0.6 is 11.8 Å². The molecule has 1 saturated heterocycles. The lowest BCUT2D eigenvalue weighted by atomic mass is 10.4. The number of guanidine groups is 1. The minimum Gasteiger partial charge on any atom is -0.467 e. The second-order valence-electron chi connectivity index (χ2n) is 5.24. The SMILES string of the molecule is CN=C(NCCS(=O)(=O)N1CCSCC1)N(C)Cc1ccco1. The van der Waals surface area contributed by atoms with Gasteiger partial charge < -0.3 is 14.6 Å². The van der Waals surface area contributed by atoms with Gasteiger partial charge in [-0.1, -0.05) is 0 Å². The molecule has 23 heavy (non-hydrogen) atoms. The van der Waals surface area contributed by atoms with Gasteiger partial charge >= 0.3 is 0 Å². The van der Waals surface area contributed by atoms with Gasteiger partial charge in [-0.3, -0.25) is 4.99 Å². The molecule has 2 rings (SSSR count). The molecule has 0 aliphatic carbocycles. The summed E-state index contributed by atoms with van der Waals surface area (Å²) in [6, 6.07) is 3.73. The third-order valence-electron chi connectivity index (χ3n) is 3.55. The molecule has 7 nitrogen and oxygen atoms in total. The Morgan fingerprint density at radius 2 is 2.22 bits per heavy atom. The summed E-state index contributed by atoms with van der Waals surface area (Å²) < 4.78 is 31.5. The predicted octanol–water partition coefficient (Wildman–Crippen LogP) is 0.665. The molecule has 0 bridgehead atoms. The average molecular weight is 361 g/mol. The first kappa shape index (κ1) is 18.2. The number of hydrogen-bond donors (Lipinski definition) is 1. The van der Waals surface area contributed by atoms with Crippen molar-refractivity contribution in [3.8, 4) is 0 Å². The summed E-state index contributed by atoms with van der Waals surface area (Å²) in [5.74, 6) is 3.30. The van der Waals surface area contributed by atoms with Crippen LogP contribution in [-0.4, -0.2) is 74.6 Å². The van der Waals surface area contributed by atoms with Gasteiger partial charge in [0.15, 0.2) is 5.96 Å². The van der Waals surface area contributed by atoms with Crippen LogP contribution in [0.15, 0.2) is 27.8 Å². The van der Waals surface area contributed by atoms with Crippen LogP contribution in [0.25, 0.3) is 0 Å². The molecule has 130 valence electrons. The Kier molecular flexibility index (Phi) is 6.79. The maximum absolute atomic E-state index is 12.3. The molecule has 1 aliphatic rings. The molecule has 9 heteroatoms. The first-order valence-electron chi connectivity index (χ1n) is 7.52. The molecular weight excluding hydrogens is 336 g/mol. The highest BCUT2D eigenvalue weighted by molar-refractivity contribution is 7.99. The molecule has 1 aliphatic heterocycles. The summed E-state index contributed by atoms with van der Waals surface area (Å²) in [5.41, 5.74) is 0. The van der Waals surface area contributed by atoms with E-state index in [2.05, 4.69) is 10.3 Å². The maximum Gasteiger partial charge on any atom is 0.215 e. The van der Waals surface area contributed by atoms with Crippen LogP contribution < -0.4 is 5.32 Å². The number of thioether (sulfide) groups is 1. The predicted molar refractivity (Wildman–Crippen MR) is 94.2 cm³/mol. The van der Waals surface area contributed by atoms with Gasteiger partial charge in [-0.2, -0.15) is 11.8 Å².